The lowest BCUT2D eigenvalue weighted by Crippen LogP contribution is -2.10. The van der Waals surface area contributed by atoms with E-state index in [0.717, 1.165) is 25.1 Å². The standard InChI is InChI=1S/C20H27N5/c1-2-15-8-10-17(11-9-15)25-20-18(21)19(23-14-24-20)22-13-12-16-6-4-3-5-7-16/h6,8-11,14H,2-5,7,12-13,21H2,1H3,(H2,22,23,24,25). The number of anilines is 4. The largest absolute Gasteiger partial charge is 0.393 e. The highest BCUT2D eigenvalue weighted by Gasteiger charge is 2.09. The van der Waals surface area contributed by atoms with Crippen molar-refractivity contribution < 1.29 is 0 Å². The van der Waals surface area contributed by atoms with E-state index in [1.807, 2.05) is 12.1 Å². The summed E-state index contributed by atoms with van der Waals surface area (Å²) in [6, 6.07) is 8.31. The molecule has 0 fully saturated rings. The van der Waals surface area contributed by atoms with Gasteiger partial charge in [-0.15, -0.1) is 0 Å². The first-order chi connectivity index (χ1) is 12.3. The van der Waals surface area contributed by atoms with Crippen LogP contribution in [0.15, 0.2) is 42.2 Å². The van der Waals surface area contributed by atoms with Gasteiger partial charge in [0.2, 0.25) is 0 Å². The molecule has 5 nitrogen and oxygen atoms in total. The van der Waals surface area contributed by atoms with Crippen molar-refractivity contribution in [3.05, 3.63) is 47.8 Å². The number of rotatable bonds is 7. The molecule has 1 aliphatic carbocycles. The summed E-state index contributed by atoms with van der Waals surface area (Å²) in [4.78, 5) is 8.56. The zero-order chi connectivity index (χ0) is 17.5. The number of nitrogens with zero attached hydrogens (tertiary/aromatic N) is 2. The first-order valence-electron chi connectivity index (χ1n) is 9.14. The van der Waals surface area contributed by atoms with E-state index in [0.29, 0.717) is 17.3 Å². The normalized spacial score (nSPS) is 14.0. The van der Waals surface area contributed by atoms with E-state index in [2.05, 4.69) is 45.7 Å². The SMILES string of the molecule is CCc1ccc(Nc2ncnc(NCCC3=CCCCC3)c2N)cc1. The second-order valence-corrected chi connectivity index (χ2v) is 6.44. The highest BCUT2D eigenvalue weighted by Crippen LogP contribution is 2.26. The monoisotopic (exact) mass is 337 g/mol. The minimum atomic E-state index is 0.555. The van der Waals surface area contributed by atoms with Crippen molar-refractivity contribution in [3.63, 3.8) is 0 Å². The number of nitrogen functional groups attached to an aromatic ring is 1. The Bertz CT molecular complexity index is 721. The third-order valence-electron chi connectivity index (χ3n) is 4.63. The molecule has 0 saturated heterocycles. The molecule has 25 heavy (non-hydrogen) atoms. The number of aromatic nitrogens is 2. The summed E-state index contributed by atoms with van der Waals surface area (Å²) in [6.07, 6.45) is 11.1. The number of aryl methyl sites for hydroxylation is 1. The molecule has 4 N–H and O–H groups in total. The van der Waals surface area contributed by atoms with Crippen LogP contribution in [0.3, 0.4) is 0 Å². The maximum Gasteiger partial charge on any atom is 0.159 e. The van der Waals surface area contributed by atoms with E-state index in [4.69, 9.17) is 5.73 Å². The van der Waals surface area contributed by atoms with Crippen LogP contribution >= 0.6 is 0 Å². The Morgan fingerprint density at radius 3 is 2.60 bits per heavy atom. The van der Waals surface area contributed by atoms with Gasteiger partial charge < -0.3 is 16.4 Å². The Morgan fingerprint density at radius 1 is 1.08 bits per heavy atom. The number of hydrogen-bond acceptors (Lipinski definition) is 5. The van der Waals surface area contributed by atoms with Crippen LogP contribution in [-0.2, 0) is 6.42 Å². The van der Waals surface area contributed by atoms with Crippen LogP contribution in [0.4, 0.5) is 23.0 Å². The van der Waals surface area contributed by atoms with Gasteiger partial charge in [0.1, 0.15) is 12.0 Å². The Balaban J connectivity index is 1.61. The maximum atomic E-state index is 6.24. The lowest BCUT2D eigenvalue weighted by molar-refractivity contribution is 0.679. The lowest BCUT2D eigenvalue weighted by atomic mass is 9.97. The van der Waals surface area contributed by atoms with Crippen molar-refractivity contribution in [2.75, 3.05) is 22.9 Å². The van der Waals surface area contributed by atoms with Crippen LogP contribution in [0.5, 0.6) is 0 Å². The van der Waals surface area contributed by atoms with Gasteiger partial charge >= 0.3 is 0 Å². The van der Waals surface area contributed by atoms with Crippen LogP contribution in [-0.4, -0.2) is 16.5 Å². The summed E-state index contributed by atoms with van der Waals surface area (Å²) in [5.74, 6) is 1.33. The minimum absolute atomic E-state index is 0.555. The van der Waals surface area contributed by atoms with Gasteiger partial charge in [0.05, 0.1) is 0 Å². The van der Waals surface area contributed by atoms with Crippen LogP contribution < -0.4 is 16.4 Å². The van der Waals surface area contributed by atoms with Gasteiger partial charge in [-0.3, -0.25) is 0 Å². The summed E-state index contributed by atoms with van der Waals surface area (Å²) in [5.41, 5.74) is 10.6. The molecule has 1 heterocycles. The molecule has 3 rings (SSSR count). The predicted octanol–water partition coefficient (Wildman–Crippen LogP) is 4.67. The minimum Gasteiger partial charge on any atom is -0.393 e. The fraction of sp³-hybridized carbons (Fsp3) is 0.400. The highest BCUT2D eigenvalue weighted by atomic mass is 15.1. The van der Waals surface area contributed by atoms with Crippen LogP contribution in [0.2, 0.25) is 0 Å². The van der Waals surface area contributed by atoms with Crippen molar-refractivity contribution in [3.8, 4) is 0 Å². The zero-order valence-electron chi connectivity index (χ0n) is 14.9. The van der Waals surface area contributed by atoms with Crippen LogP contribution in [0, 0.1) is 0 Å². The Labute approximate surface area is 149 Å². The molecule has 1 aromatic carbocycles. The number of nitrogens with two attached hydrogens (primary N) is 1. The van der Waals surface area contributed by atoms with Crippen LogP contribution in [0.25, 0.3) is 0 Å². The quantitative estimate of drug-likeness (QED) is 0.640. The Hall–Kier alpha value is -2.56. The second kappa shape index (κ2) is 8.51. The molecule has 132 valence electrons. The molecular formula is C20H27N5. The van der Waals surface area contributed by atoms with Gasteiger partial charge in [-0.1, -0.05) is 30.7 Å². The number of hydrogen-bond donors (Lipinski definition) is 3. The van der Waals surface area contributed by atoms with Crippen molar-refractivity contribution in [1.29, 1.82) is 0 Å². The molecule has 0 bridgehead atoms. The Morgan fingerprint density at radius 2 is 1.88 bits per heavy atom. The summed E-state index contributed by atoms with van der Waals surface area (Å²) >= 11 is 0. The predicted molar refractivity (Wildman–Crippen MR) is 105 cm³/mol. The molecule has 1 aliphatic rings. The van der Waals surface area contributed by atoms with Gasteiger partial charge in [-0.25, -0.2) is 9.97 Å². The lowest BCUT2D eigenvalue weighted by Gasteiger charge is -2.15. The van der Waals surface area contributed by atoms with Crippen molar-refractivity contribution in [1.82, 2.24) is 9.97 Å². The molecule has 5 heteroatoms. The summed E-state index contributed by atoms with van der Waals surface area (Å²) in [6.45, 7) is 2.99. The fourth-order valence-corrected chi connectivity index (χ4v) is 3.07. The van der Waals surface area contributed by atoms with Crippen molar-refractivity contribution >= 4 is 23.0 Å². The Kier molecular flexibility index (Phi) is 5.88. The van der Waals surface area contributed by atoms with E-state index >= 15 is 0 Å². The molecule has 1 aromatic heterocycles. The van der Waals surface area contributed by atoms with E-state index in [9.17, 15) is 0 Å². The first kappa shape index (κ1) is 17.3. The third-order valence-corrected chi connectivity index (χ3v) is 4.63. The molecule has 0 atom stereocenters. The number of benzene rings is 1. The molecule has 2 aromatic rings. The van der Waals surface area contributed by atoms with E-state index in [1.165, 1.54) is 31.2 Å². The summed E-state index contributed by atoms with van der Waals surface area (Å²) in [5, 5.41) is 6.62. The van der Waals surface area contributed by atoms with Gasteiger partial charge in [-0.2, -0.15) is 0 Å². The van der Waals surface area contributed by atoms with Crippen molar-refractivity contribution in [2.45, 2.75) is 45.4 Å². The molecule has 0 radical (unpaired) electrons. The first-order valence-corrected chi connectivity index (χ1v) is 9.14. The molecular weight excluding hydrogens is 310 g/mol. The fourth-order valence-electron chi connectivity index (χ4n) is 3.07. The third kappa shape index (κ3) is 4.72. The van der Waals surface area contributed by atoms with E-state index in [-0.39, 0.29) is 0 Å². The molecule has 0 spiro atoms. The van der Waals surface area contributed by atoms with Gasteiger partial charge in [0.25, 0.3) is 0 Å². The average Bonchev–Trinajstić information content (AvgIpc) is 2.66. The van der Waals surface area contributed by atoms with Gasteiger partial charge in [0.15, 0.2) is 11.6 Å². The van der Waals surface area contributed by atoms with E-state index in [1.54, 1.807) is 11.9 Å². The molecule has 0 saturated carbocycles. The molecule has 0 unspecified atom stereocenters. The van der Waals surface area contributed by atoms with Crippen LogP contribution in [0.1, 0.15) is 44.6 Å². The van der Waals surface area contributed by atoms with E-state index < -0.39 is 0 Å². The average molecular weight is 337 g/mol. The highest BCUT2D eigenvalue weighted by molar-refractivity contribution is 5.77. The van der Waals surface area contributed by atoms with Gasteiger partial charge in [0, 0.05) is 12.2 Å². The maximum absolute atomic E-state index is 6.24. The topological polar surface area (TPSA) is 75.9 Å². The van der Waals surface area contributed by atoms with Gasteiger partial charge in [-0.05, 0) is 56.2 Å². The summed E-state index contributed by atoms with van der Waals surface area (Å²) < 4.78 is 0. The smallest absolute Gasteiger partial charge is 0.159 e. The number of allylic oxidation sites excluding steroid dienone is 1. The molecule has 0 amide bonds. The molecule has 0 aliphatic heterocycles. The zero-order valence-corrected chi connectivity index (χ0v) is 14.9. The van der Waals surface area contributed by atoms with Crippen molar-refractivity contribution in [2.24, 2.45) is 0 Å². The number of nitrogens with one attached hydrogen (secondary N) is 2. The second-order valence-electron chi connectivity index (χ2n) is 6.44. The summed E-state index contributed by atoms with van der Waals surface area (Å²) in [7, 11) is 0.